The van der Waals surface area contributed by atoms with Gasteiger partial charge in [-0.05, 0) is 37.5 Å². The number of carbonyl (C=O) groups is 2. The first-order valence-corrected chi connectivity index (χ1v) is 9.94. The third-order valence-corrected chi connectivity index (χ3v) is 4.95. The lowest BCUT2D eigenvalue weighted by Crippen LogP contribution is -2.38. The molecule has 7 heteroatoms. The molecule has 0 spiro atoms. The van der Waals surface area contributed by atoms with Crippen molar-refractivity contribution < 1.29 is 14.3 Å². The van der Waals surface area contributed by atoms with E-state index in [1.165, 1.54) is 6.42 Å². The molecule has 5 nitrogen and oxygen atoms in total. The Labute approximate surface area is 164 Å². The number of ether oxygens (including phenoxy) is 1. The van der Waals surface area contributed by atoms with Crippen molar-refractivity contribution in [2.75, 3.05) is 19.7 Å². The topological polar surface area (TPSA) is 67.4 Å². The van der Waals surface area contributed by atoms with E-state index in [0.717, 1.165) is 25.7 Å². The van der Waals surface area contributed by atoms with Gasteiger partial charge in [0.05, 0.1) is 11.6 Å². The fraction of sp³-hybridized carbons (Fsp3) is 0.579. The molecule has 1 fully saturated rings. The molecule has 1 aliphatic carbocycles. The van der Waals surface area contributed by atoms with Gasteiger partial charge >= 0.3 is 0 Å². The van der Waals surface area contributed by atoms with E-state index in [4.69, 9.17) is 27.9 Å². The molecule has 2 N–H and O–H groups in total. The monoisotopic (exact) mass is 400 g/mol. The number of halogens is 2. The van der Waals surface area contributed by atoms with Crippen LogP contribution < -0.4 is 15.4 Å². The molecule has 0 aliphatic heterocycles. The van der Waals surface area contributed by atoms with Gasteiger partial charge in [0.15, 0.2) is 0 Å². The zero-order chi connectivity index (χ0) is 18.8. The summed E-state index contributed by atoms with van der Waals surface area (Å²) < 4.78 is 5.54. The van der Waals surface area contributed by atoms with Gasteiger partial charge in [-0.3, -0.25) is 9.59 Å². The van der Waals surface area contributed by atoms with E-state index < -0.39 is 0 Å². The minimum absolute atomic E-state index is 0.0530. The molecule has 1 aromatic rings. The number of hydrogen-bond acceptors (Lipinski definition) is 3. The fourth-order valence-corrected chi connectivity index (χ4v) is 3.46. The van der Waals surface area contributed by atoms with Gasteiger partial charge < -0.3 is 15.4 Å². The highest BCUT2D eigenvalue weighted by molar-refractivity contribution is 6.35. The Hall–Kier alpha value is -1.46. The van der Waals surface area contributed by atoms with Gasteiger partial charge in [0, 0.05) is 30.5 Å². The van der Waals surface area contributed by atoms with Gasteiger partial charge in [0.2, 0.25) is 11.8 Å². The smallest absolute Gasteiger partial charge is 0.223 e. The molecule has 1 aromatic carbocycles. The molecule has 1 aliphatic rings. The summed E-state index contributed by atoms with van der Waals surface area (Å²) in [6.07, 6.45) is 6.41. The standard InChI is InChI=1S/C19H26Cl2N2O3/c20-15-8-9-17(16(21)13-15)26-12-4-7-18(24)22-10-11-23-19(25)14-5-2-1-3-6-14/h8-9,13-14H,1-7,10-12H2,(H,22,24)(H,23,25). The average molecular weight is 401 g/mol. The molecule has 0 heterocycles. The molecule has 26 heavy (non-hydrogen) atoms. The molecule has 0 unspecified atom stereocenters. The van der Waals surface area contributed by atoms with Crippen LogP contribution in [-0.4, -0.2) is 31.5 Å². The van der Waals surface area contributed by atoms with Crippen LogP contribution in [0.2, 0.25) is 10.0 Å². The second-order valence-electron chi connectivity index (χ2n) is 6.50. The molecule has 0 radical (unpaired) electrons. The van der Waals surface area contributed by atoms with Crippen molar-refractivity contribution in [2.45, 2.75) is 44.9 Å². The summed E-state index contributed by atoms with van der Waals surface area (Å²) in [4.78, 5) is 23.8. The molecule has 144 valence electrons. The Bertz CT molecular complexity index is 604. The van der Waals surface area contributed by atoms with E-state index in [9.17, 15) is 9.59 Å². The zero-order valence-corrected chi connectivity index (χ0v) is 16.4. The van der Waals surface area contributed by atoms with Gasteiger partial charge in [0.1, 0.15) is 5.75 Å². The summed E-state index contributed by atoms with van der Waals surface area (Å²) in [6, 6.07) is 5.03. The van der Waals surface area contributed by atoms with Gasteiger partial charge in [0.25, 0.3) is 0 Å². The molecule has 0 aromatic heterocycles. The number of benzene rings is 1. The number of carbonyl (C=O) groups excluding carboxylic acids is 2. The SMILES string of the molecule is O=C(CCCOc1ccc(Cl)cc1Cl)NCCNC(=O)C1CCCCC1. The highest BCUT2D eigenvalue weighted by atomic mass is 35.5. The largest absolute Gasteiger partial charge is 0.492 e. The zero-order valence-electron chi connectivity index (χ0n) is 14.9. The maximum Gasteiger partial charge on any atom is 0.223 e. The number of hydrogen-bond donors (Lipinski definition) is 2. The van der Waals surface area contributed by atoms with E-state index >= 15 is 0 Å². The van der Waals surface area contributed by atoms with Crippen LogP contribution in [0.5, 0.6) is 5.75 Å². The van der Waals surface area contributed by atoms with Crippen molar-refractivity contribution in [3.05, 3.63) is 28.2 Å². The molecular formula is C19H26Cl2N2O3. The molecule has 2 amide bonds. The first-order valence-electron chi connectivity index (χ1n) is 9.18. The van der Waals surface area contributed by atoms with Crippen LogP contribution >= 0.6 is 23.2 Å². The van der Waals surface area contributed by atoms with Crippen LogP contribution in [-0.2, 0) is 9.59 Å². The van der Waals surface area contributed by atoms with Crippen molar-refractivity contribution in [3.8, 4) is 5.75 Å². The predicted octanol–water partition coefficient (Wildman–Crippen LogP) is 3.97. The van der Waals surface area contributed by atoms with Gasteiger partial charge in [-0.15, -0.1) is 0 Å². The van der Waals surface area contributed by atoms with Crippen LogP contribution in [0.15, 0.2) is 18.2 Å². The molecule has 2 rings (SSSR count). The summed E-state index contributed by atoms with van der Waals surface area (Å²) in [7, 11) is 0. The van der Waals surface area contributed by atoms with Crippen LogP contribution in [0, 0.1) is 5.92 Å². The maximum atomic E-state index is 12.0. The Morgan fingerprint density at radius 3 is 2.54 bits per heavy atom. The van der Waals surface area contributed by atoms with Crippen molar-refractivity contribution in [1.29, 1.82) is 0 Å². The Morgan fingerprint density at radius 1 is 1.08 bits per heavy atom. The lowest BCUT2D eigenvalue weighted by Gasteiger charge is -2.20. The van der Waals surface area contributed by atoms with Crippen LogP contribution in [0.25, 0.3) is 0 Å². The normalized spacial score (nSPS) is 14.7. The highest BCUT2D eigenvalue weighted by Gasteiger charge is 2.20. The summed E-state index contributed by atoms with van der Waals surface area (Å²) in [5.41, 5.74) is 0. The van der Waals surface area contributed by atoms with Crippen LogP contribution in [0.4, 0.5) is 0 Å². The van der Waals surface area contributed by atoms with Crippen LogP contribution in [0.3, 0.4) is 0 Å². The molecule has 0 saturated heterocycles. The number of nitrogens with one attached hydrogen (secondary N) is 2. The Kier molecular flexibility index (Phi) is 9.06. The van der Waals surface area contributed by atoms with Crippen molar-refractivity contribution in [2.24, 2.45) is 5.92 Å². The van der Waals surface area contributed by atoms with E-state index in [1.807, 2.05) is 0 Å². The summed E-state index contributed by atoms with van der Waals surface area (Å²) in [5.74, 6) is 0.771. The van der Waals surface area contributed by atoms with Gasteiger partial charge in [-0.2, -0.15) is 0 Å². The third-order valence-electron chi connectivity index (χ3n) is 4.42. The van der Waals surface area contributed by atoms with Gasteiger partial charge in [-0.1, -0.05) is 42.5 Å². The third kappa shape index (κ3) is 7.42. The predicted molar refractivity (Wildman–Crippen MR) is 104 cm³/mol. The highest BCUT2D eigenvalue weighted by Crippen LogP contribution is 2.27. The lowest BCUT2D eigenvalue weighted by molar-refractivity contribution is -0.126. The van der Waals surface area contributed by atoms with E-state index in [0.29, 0.717) is 48.3 Å². The first-order chi connectivity index (χ1) is 12.6. The molecular weight excluding hydrogens is 375 g/mol. The maximum absolute atomic E-state index is 12.0. The van der Waals surface area contributed by atoms with Crippen molar-refractivity contribution >= 4 is 35.0 Å². The number of rotatable bonds is 9. The lowest BCUT2D eigenvalue weighted by atomic mass is 9.89. The second kappa shape index (κ2) is 11.3. The summed E-state index contributed by atoms with van der Waals surface area (Å²) >= 11 is 11.8. The van der Waals surface area contributed by atoms with E-state index in [2.05, 4.69) is 10.6 Å². The summed E-state index contributed by atoms with van der Waals surface area (Å²) in [6.45, 7) is 1.31. The van der Waals surface area contributed by atoms with Crippen molar-refractivity contribution in [3.63, 3.8) is 0 Å². The Balaban J connectivity index is 1.51. The van der Waals surface area contributed by atoms with Crippen LogP contribution in [0.1, 0.15) is 44.9 Å². The quantitative estimate of drug-likeness (QED) is 0.616. The summed E-state index contributed by atoms with van der Waals surface area (Å²) in [5, 5.41) is 6.72. The Morgan fingerprint density at radius 2 is 1.81 bits per heavy atom. The molecule has 1 saturated carbocycles. The minimum atomic E-state index is -0.0530. The fourth-order valence-electron chi connectivity index (χ4n) is 2.99. The molecule has 0 atom stereocenters. The van der Waals surface area contributed by atoms with E-state index in [1.54, 1.807) is 18.2 Å². The van der Waals surface area contributed by atoms with E-state index in [-0.39, 0.29) is 17.7 Å². The number of amides is 2. The average Bonchev–Trinajstić information content (AvgIpc) is 2.64. The van der Waals surface area contributed by atoms with Crippen molar-refractivity contribution in [1.82, 2.24) is 10.6 Å². The minimum Gasteiger partial charge on any atom is -0.492 e. The first kappa shape index (κ1) is 20.8. The second-order valence-corrected chi connectivity index (χ2v) is 7.35. The van der Waals surface area contributed by atoms with Gasteiger partial charge in [-0.25, -0.2) is 0 Å². The molecule has 0 bridgehead atoms.